The molecule has 1 aliphatic rings. The normalized spacial score (nSPS) is 22.1. The van der Waals surface area contributed by atoms with E-state index in [0.29, 0.717) is 11.5 Å². The minimum atomic E-state index is -2.74. The van der Waals surface area contributed by atoms with Crippen molar-refractivity contribution in [3.8, 4) is 0 Å². The number of sulfone groups is 1. The summed E-state index contributed by atoms with van der Waals surface area (Å²) in [5.74, 6) is 0.681. The van der Waals surface area contributed by atoms with Gasteiger partial charge in [-0.2, -0.15) is 0 Å². The Bertz CT molecular complexity index is 456. The van der Waals surface area contributed by atoms with Crippen molar-refractivity contribution in [3.05, 3.63) is 35.9 Å². The third-order valence-electron chi connectivity index (χ3n) is 3.40. The molecule has 2 rings (SSSR count). The van der Waals surface area contributed by atoms with Gasteiger partial charge in [0.25, 0.3) is 0 Å². The zero-order chi connectivity index (χ0) is 12.8. The Hall–Kier alpha value is -0.870. The molecule has 0 spiro atoms. The first kappa shape index (κ1) is 13.6. The van der Waals surface area contributed by atoms with Crippen molar-refractivity contribution in [1.29, 1.82) is 0 Å². The summed E-state index contributed by atoms with van der Waals surface area (Å²) in [6, 6.07) is 10.7. The Kier molecular flexibility index (Phi) is 4.78. The Morgan fingerprint density at radius 2 is 1.94 bits per heavy atom. The lowest BCUT2D eigenvalue weighted by Gasteiger charge is -2.10. The molecule has 0 amide bonds. The van der Waals surface area contributed by atoms with E-state index < -0.39 is 9.84 Å². The summed E-state index contributed by atoms with van der Waals surface area (Å²) in [7, 11) is -2.74. The molecule has 1 N–H and O–H groups in total. The summed E-state index contributed by atoms with van der Waals surface area (Å²) in [6.45, 7) is 0.924. The number of unbranched alkanes of at least 4 members (excludes halogenated alkanes) is 1. The maximum Gasteiger partial charge on any atom is 0.151 e. The second-order valence-corrected chi connectivity index (χ2v) is 7.23. The molecule has 1 unspecified atom stereocenters. The molecule has 1 aromatic rings. The topological polar surface area (TPSA) is 46.2 Å². The molecule has 1 aliphatic heterocycles. The summed E-state index contributed by atoms with van der Waals surface area (Å²) in [4.78, 5) is 0. The summed E-state index contributed by atoms with van der Waals surface area (Å²) in [5, 5.41) is 3.34. The van der Waals surface area contributed by atoms with Crippen LogP contribution in [0.15, 0.2) is 30.3 Å². The summed E-state index contributed by atoms with van der Waals surface area (Å²) < 4.78 is 22.5. The minimum Gasteiger partial charge on any atom is -0.313 e. The van der Waals surface area contributed by atoms with Crippen molar-refractivity contribution >= 4 is 9.84 Å². The summed E-state index contributed by atoms with van der Waals surface area (Å²) in [5.41, 5.74) is 1.38. The molecule has 18 heavy (non-hydrogen) atoms. The van der Waals surface area contributed by atoms with Gasteiger partial charge in [0.1, 0.15) is 0 Å². The van der Waals surface area contributed by atoms with Crippen molar-refractivity contribution in [1.82, 2.24) is 5.32 Å². The lowest BCUT2D eigenvalue weighted by molar-refractivity contribution is 0.533. The first-order chi connectivity index (χ1) is 8.66. The van der Waals surface area contributed by atoms with Crippen molar-refractivity contribution in [2.45, 2.75) is 31.7 Å². The largest absolute Gasteiger partial charge is 0.313 e. The predicted octanol–water partition coefficient (Wildman–Crippen LogP) is 1.79. The Balaban J connectivity index is 1.57. The molecular formula is C14H21NO2S. The number of hydrogen-bond donors (Lipinski definition) is 1. The van der Waals surface area contributed by atoms with Crippen LogP contribution in [0.5, 0.6) is 0 Å². The van der Waals surface area contributed by atoms with Crippen LogP contribution in [-0.2, 0) is 16.3 Å². The zero-order valence-corrected chi connectivity index (χ0v) is 11.5. The van der Waals surface area contributed by atoms with Gasteiger partial charge in [0.2, 0.25) is 0 Å². The zero-order valence-electron chi connectivity index (χ0n) is 10.6. The van der Waals surface area contributed by atoms with Crippen LogP contribution >= 0.6 is 0 Å². The Morgan fingerprint density at radius 1 is 1.17 bits per heavy atom. The van der Waals surface area contributed by atoms with E-state index in [1.54, 1.807) is 0 Å². The van der Waals surface area contributed by atoms with Gasteiger partial charge in [0, 0.05) is 6.04 Å². The maximum atomic E-state index is 11.3. The number of nitrogens with one attached hydrogen (secondary N) is 1. The highest BCUT2D eigenvalue weighted by Gasteiger charge is 2.26. The molecule has 4 heteroatoms. The molecule has 0 saturated carbocycles. The first-order valence-electron chi connectivity index (χ1n) is 6.63. The summed E-state index contributed by atoms with van der Waals surface area (Å²) >= 11 is 0. The lowest BCUT2D eigenvalue weighted by atomic mass is 10.1. The SMILES string of the molecule is O=S1(=O)CCC(NCCCCc2ccccc2)C1. The second kappa shape index (κ2) is 6.34. The van der Waals surface area contributed by atoms with Crippen molar-refractivity contribution in [2.75, 3.05) is 18.1 Å². The van der Waals surface area contributed by atoms with Gasteiger partial charge in [0.05, 0.1) is 11.5 Å². The second-order valence-electron chi connectivity index (χ2n) is 5.00. The monoisotopic (exact) mass is 267 g/mol. The molecule has 3 nitrogen and oxygen atoms in total. The maximum absolute atomic E-state index is 11.3. The van der Waals surface area contributed by atoms with Gasteiger partial charge in [-0.1, -0.05) is 30.3 Å². The van der Waals surface area contributed by atoms with Gasteiger partial charge in [-0.25, -0.2) is 8.42 Å². The fourth-order valence-corrected chi connectivity index (χ4v) is 4.07. The van der Waals surface area contributed by atoms with Crippen LogP contribution in [-0.4, -0.2) is 32.5 Å². The van der Waals surface area contributed by atoms with Crippen LogP contribution in [0, 0.1) is 0 Å². The highest BCUT2D eigenvalue weighted by molar-refractivity contribution is 7.91. The third-order valence-corrected chi connectivity index (χ3v) is 5.17. The fourth-order valence-electron chi connectivity index (χ4n) is 2.36. The van der Waals surface area contributed by atoms with E-state index in [4.69, 9.17) is 0 Å². The number of hydrogen-bond acceptors (Lipinski definition) is 3. The van der Waals surface area contributed by atoms with Gasteiger partial charge in [-0.3, -0.25) is 0 Å². The van der Waals surface area contributed by atoms with E-state index in [9.17, 15) is 8.42 Å². The minimum absolute atomic E-state index is 0.187. The standard InChI is InChI=1S/C14H21NO2S/c16-18(17)11-9-14(12-18)15-10-5-4-8-13-6-2-1-3-7-13/h1-3,6-7,14-15H,4-5,8-12H2. The molecule has 1 saturated heterocycles. The van der Waals surface area contributed by atoms with E-state index in [1.165, 1.54) is 5.56 Å². The molecular weight excluding hydrogens is 246 g/mol. The molecule has 0 aliphatic carbocycles. The van der Waals surface area contributed by atoms with Gasteiger partial charge < -0.3 is 5.32 Å². The van der Waals surface area contributed by atoms with Crippen molar-refractivity contribution in [2.24, 2.45) is 0 Å². The van der Waals surface area contributed by atoms with Crippen LogP contribution in [0.3, 0.4) is 0 Å². The lowest BCUT2D eigenvalue weighted by Crippen LogP contribution is -2.30. The molecule has 0 radical (unpaired) electrons. The quantitative estimate of drug-likeness (QED) is 0.799. The Labute approximate surface area is 110 Å². The molecule has 1 fully saturated rings. The van der Waals surface area contributed by atoms with E-state index in [0.717, 1.165) is 32.2 Å². The number of rotatable bonds is 6. The highest BCUT2D eigenvalue weighted by atomic mass is 32.2. The number of benzene rings is 1. The number of aryl methyl sites for hydroxylation is 1. The van der Waals surface area contributed by atoms with Crippen LogP contribution in [0.2, 0.25) is 0 Å². The molecule has 1 heterocycles. The van der Waals surface area contributed by atoms with E-state index in [2.05, 4.69) is 29.6 Å². The van der Waals surface area contributed by atoms with Crippen LogP contribution in [0.25, 0.3) is 0 Å². The van der Waals surface area contributed by atoms with Gasteiger partial charge in [-0.15, -0.1) is 0 Å². The van der Waals surface area contributed by atoms with E-state index in [1.807, 2.05) is 6.07 Å². The summed E-state index contributed by atoms with van der Waals surface area (Å²) in [6.07, 6.45) is 4.13. The van der Waals surface area contributed by atoms with E-state index >= 15 is 0 Å². The van der Waals surface area contributed by atoms with Gasteiger partial charge >= 0.3 is 0 Å². The van der Waals surface area contributed by atoms with Crippen LogP contribution in [0.4, 0.5) is 0 Å². The van der Waals surface area contributed by atoms with Crippen LogP contribution in [0.1, 0.15) is 24.8 Å². The smallest absolute Gasteiger partial charge is 0.151 e. The third kappa shape index (κ3) is 4.42. The average molecular weight is 267 g/mol. The first-order valence-corrected chi connectivity index (χ1v) is 8.46. The van der Waals surface area contributed by atoms with E-state index in [-0.39, 0.29) is 6.04 Å². The van der Waals surface area contributed by atoms with Crippen LogP contribution < -0.4 is 5.32 Å². The van der Waals surface area contributed by atoms with Crippen molar-refractivity contribution < 1.29 is 8.42 Å². The van der Waals surface area contributed by atoms with Crippen molar-refractivity contribution in [3.63, 3.8) is 0 Å². The molecule has 0 bridgehead atoms. The molecule has 1 atom stereocenters. The van der Waals surface area contributed by atoms with Gasteiger partial charge in [0.15, 0.2) is 9.84 Å². The molecule has 100 valence electrons. The molecule has 1 aromatic carbocycles. The fraction of sp³-hybridized carbons (Fsp3) is 0.571. The Morgan fingerprint density at radius 3 is 2.61 bits per heavy atom. The molecule has 0 aromatic heterocycles. The van der Waals surface area contributed by atoms with Gasteiger partial charge in [-0.05, 0) is 37.8 Å². The highest BCUT2D eigenvalue weighted by Crippen LogP contribution is 2.11. The predicted molar refractivity (Wildman–Crippen MR) is 74.4 cm³/mol. The average Bonchev–Trinajstić information content (AvgIpc) is 2.70.